The van der Waals surface area contributed by atoms with Crippen molar-refractivity contribution in [2.45, 2.75) is 23.0 Å². The van der Waals surface area contributed by atoms with Gasteiger partial charge >= 0.3 is 6.18 Å². The Morgan fingerprint density at radius 2 is 1.91 bits per heavy atom. The van der Waals surface area contributed by atoms with Gasteiger partial charge in [0.25, 0.3) is 0 Å². The molecule has 0 saturated heterocycles. The summed E-state index contributed by atoms with van der Waals surface area (Å²) in [5.74, 6) is 0.337. The lowest BCUT2D eigenvalue weighted by Crippen LogP contribution is -2.08. The zero-order valence-electron chi connectivity index (χ0n) is 11.6. The highest BCUT2D eigenvalue weighted by Gasteiger charge is 2.32. The standard InChI is InChI=1S/C14H11F3N2O2S/c1-8(20)9-3-4-11(10(7-9)21-2)22-13-6-5-12(18-19-13)14(15,16)17/h3-7H,1-2H3. The molecule has 4 nitrogen and oxygen atoms in total. The van der Waals surface area contributed by atoms with Gasteiger partial charge in [-0.15, -0.1) is 10.2 Å². The molecule has 1 aromatic heterocycles. The third kappa shape index (κ3) is 3.76. The van der Waals surface area contributed by atoms with Crippen molar-refractivity contribution in [2.75, 3.05) is 7.11 Å². The first-order valence-electron chi connectivity index (χ1n) is 6.09. The second kappa shape index (κ2) is 6.35. The number of aromatic nitrogens is 2. The third-order valence-electron chi connectivity index (χ3n) is 2.72. The average Bonchev–Trinajstić information content (AvgIpc) is 2.47. The molecule has 0 fully saturated rings. The van der Waals surface area contributed by atoms with Gasteiger partial charge in [-0.3, -0.25) is 4.79 Å². The van der Waals surface area contributed by atoms with E-state index < -0.39 is 11.9 Å². The van der Waals surface area contributed by atoms with Gasteiger partial charge < -0.3 is 4.74 Å². The van der Waals surface area contributed by atoms with Crippen LogP contribution in [0.25, 0.3) is 0 Å². The number of hydrogen-bond acceptors (Lipinski definition) is 5. The molecule has 1 heterocycles. The molecule has 0 spiro atoms. The van der Waals surface area contributed by atoms with E-state index in [9.17, 15) is 18.0 Å². The molecule has 2 aromatic rings. The normalized spacial score (nSPS) is 11.3. The van der Waals surface area contributed by atoms with E-state index in [0.717, 1.165) is 17.8 Å². The molecular weight excluding hydrogens is 317 g/mol. The van der Waals surface area contributed by atoms with Crippen LogP contribution in [0, 0.1) is 0 Å². The molecule has 2 rings (SSSR count). The maximum atomic E-state index is 12.4. The molecule has 0 aliphatic heterocycles. The van der Waals surface area contributed by atoms with E-state index in [-0.39, 0.29) is 5.78 Å². The summed E-state index contributed by atoms with van der Waals surface area (Å²) in [6.45, 7) is 1.43. The zero-order valence-corrected chi connectivity index (χ0v) is 12.5. The van der Waals surface area contributed by atoms with E-state index in [0.29, 0.717) is 21.2 Å². The summed E-state index contributed by atoms with van der Waals surface area (Å²) < 4.78 is 42.5. The van der Waals surface area contributed by atoms with Crippen molar-refractivity contribution in [3.05, 3.63) is 41.6 Å². The Hall–Kier alpha value is -2.09. The Bertz CT molecular complexity index is 687. The fourth-order valence-corrected chi connectivity index (χ4v) is 2.43. The number of Topliss-reactive ketones (excluding diaryl/α,β-unsaturated/α-hetero) is 1. The molecule has 0 aliphatic carbocycles. The van der Waals surface area contributed by atoms with E-state index in [4.69, 9.17) is 4.74 Å². The number of ether oxygens (including phenoxy) is 1. The van der Waals surface area contributed by atoms with E-state index in [1.807, 2.05) is 0 Å². The van der Waals surface area contributed by atoms with E-state index in [2.05, 4.69) is 10.2 Å². The predicted molar refractivity (Wildman–Crippen MR) is 74.2 cm³/mol. The number of ketones is 1. The highest BCUT2D eigenvalue weighted by atomic mass is 32.2. The second-order valence-electron chi connectivity index (χ2n) is 4.28. The Labute approximate surface area is 128 Å². The van der Waals surface area contributed by atoms with Gasteiger partial charge in [-0.25, -0.2) is 0 Å². The maximum Gasteiger partial charge on any atom is 0.435 e. The molecule has 0 unspecified atom stereocenters. The van der Waals surface area contributed by atoms with Crippen molar-refractivity contribution in [3.63, 3.8) is 0 Å². The molecule has 116 valence electrons. The molecule has 0 radical (unpaired) electrons. The first kappa shape index (κ1) is 16.3. The highest BCUT2D eigenvalue weighted by molar-refractivity contribution is 7.99. The minimum atomic E-state index is -4.52. The van der Waals surface area contributed by atoms with Gasteiger partial charge in [0.2, 0.25) is 0 Å². The molecule has 0 N–H and O–H groups in total. The van der Waals surface area contributed by atoms with Crippen LogP contribution in [0.4, 0.5) is 13.2 Å². The fourth-order valence-electron chi connectivity index (χ4n) is 1.61. The first-order valence-corrected chi connectivity index (χ1v) is 6.90. The number of benzene rings is 1. The number of alkyl halides is 3. The quantitative estimate of drug-likeness (QED) is 0.798. The van der Waals surface area contributed by atoms with Crippen LogP contribution in [-0.2, 0) is 6.18 Å². The molecule has 1 aromatic carbocycles. The average molecular weight is 328 g/mol. The molecule has 0 amide bonds. The number of carbonyl (C=O) groups is 1. The molecule has 0 aliphatic rings. The Morgan fingerprint density at radius 3 is 2.41 bits per heavy atom. The lowest BCUT2D eigenvalue weighted by Gasteiger charge is -2.09. The van der Waals surface area contributed by atoms with Crippen molar-refractivity contribution < 1.29 is 22.7 Å². The van der Waals surface area contributed by atoms with Gasteiger partial charge in [-0.1, -0.05) is 17.8 Å². The predicted octanol–water partition coefficient (Wildman–Crippen LogP) is 3.86. The molecular formula is C14H11F3N2O2S. The van der Waals surface area contributed by atoms with Crippen LogP contribution in [0.5, 0.6) is 5.75 Å². The Balaban J connectivity index is 2.25. The van der Waals surface area contributed by atoms with Crippen LogP contribution in [0.2, 0.25) is 0 Å². The molecule has 22 heavy (non-hydrogen) atoms. The van der Waals surface area contributed by atoms with E-state index in [1.165, 1.54) is 20.1 Å². The van der Waals surface area contributed by atoms with Crippen molar-refractivity contribution >= 4 is 17.5 Å². The monoisotopic (exact) mass is 328 g/mol. The summed E-state index contributed by atoms with van der Waals surface area (Å²) in [7, 11) is 1.45. The fraction of sp³-hybridized carbons (Fsp3) is 0.214. The summed E-state index contributed by atoms with van der Waals surface area (Å²) in [5.41, 5.74) is -0.560. The topological polar surface area (TPSA) is 52.1 Å². The number of halogens is 3. The van der Waals surface area contributed by atoms with Gasteiger partial charge in [0.15, 0.2) is 11.5 Å². The van der Waals surface area contributed by atoms with E-state index >= 15 is 0 Å². The number of carbonyl (C=O) groups excluding carboxylic acids is 1. The van der Waals surface area contributed by atoms with Crippen molar-refractivity contribution in [3.8, 4) is 5.75 Å². The first-order chi connectivity index (χ1) is 10.3. The minimum Gasteiger partial charge on any atom is -0.496 e. The van der Waals surface area contributed by atoms with Crippen LogP contribution >= 0.6 is 11.8 Å². The van der Waals surface area contributed by atoms with Gasteiger partial charge in [-0.05, 0) is 31.2 Å². The van der Waals surface area contributed by atoms with E-state index in [1.54, 1.807) is 18.2 Å². The largest absolute Gasteiger partial charge is 0.496 e. The Kier molecular flexibility index (Phi) is 4.70. The highest BCUT2D eigenvalue weighted by Crippen LogP contribution is 2.35. The lowest BCUT2D eigenvalue weighted by molar-refractivity contribution is -0.141. The third-order valence-corrected chi connectivity index (χ3v) is 3.70. The van der Waals surface area contributed by atoms with Crippen LogP contribution in [0.1, 0.15) is 23.0 Å². The van der Waals surface area contributed by atoms with Gasteiger partial charge in [-0.2, -0.15) is 13.2 Å². The van der Waals surface area contributed by atoms with Gasteiger partial charge in [0.1, 0.15) is 10.8 Å². The minimum absolute atomic E-state index is 0.107. The zero-order chi connectivity index (χ0) is 16.3. The van der Waals surface area contributed by atoms with Crippen LogP contribution < -0.4 is 4.74 Å². The summed E-state index contributed by atoms with van der Waals surface area (Å²) in [4.78, 5) is 11.9. The van der Waals surface area contributed by atoms with Gasteiger partial charge in [0, 0.05) is 5.56 Å². The molecule has 0 atom stereocenters. The number of hydrogen-bond donors (Lipinski definition) is 0. The number of nitrogens with zero attached hydrogens (tertiary/aromatic N) is 2. The van der Waals surface area contributed by atoms with Gasteiger partial charge in [0.05, 0.1) is 12.0 Å². The van der Waals surface area contributed by atoms with Crippen LogP contribution in [0.3, 0.4) is 0 Å². The number of methoxy groups -OCH3 is 1. The smallest absolute Gasteiger partial charge is 0.435 e. The van der Waals surface area contributed by atoms with Crippen molar-refractivity contribution in [1.29, 1.82) is 0 Å². The lowest BCUT2D eigenvalue weighted by atomic mass is 10.1. The summed E-state index contributed by atoms with van der Waals surface area (Å²) in [6.07, 6.45) is -4.52. The van der Waals surface area contributed by atoms with Crippen LogP contribution in [-0.4, -0.2) is 23.1 Å². The molecule has 0 bridgehead atoms. The van der Waals surface area contributed by atoms with Crippen molar-refractivity contribution in [2.24, 2.45) is 0 Å². The summed E-state index contributed by atoms with van der Waals surface area (Å²) >= 11 is 1.10. The SMILES string of the molecule is COc1cc(C(C)=O)ccc1Sc1ccc(C(F)(F)F)nn1. The second-order valence-corrected chi connectivity index (χ2v) is 5.34. The Morgan fingerprint density at radius 1 is 1.18 bits per heavy atom. The number of rotatable bonds is 4. The summed E-state index contributed by atoms with van der Waals surface area (Å²) in [5, 5.41) is 6.99. The molecule has 8 heteroatoms. The van der Waals surface area contributed by atoms with Crippen molar-refractivity contribution in [1.82, 2.24) is 10.2 Å². The summed E-state index contributed by atoms with van der Waals surface area (Å²) in [6, 6.07) is 6.94. The van der Waals surface area contributed by atoms with Crippen LogP contribution in [0.15, 0.2) is 40.3 Å². The maximum absolute atomic E-state index is 12.4. The molecule has 0 saturated carbocycles.